The van der Waals surface area contributed by atoms with Crippen molar-refractivity contribution < 1.29 is 4.79 Å². The summed E-state index contributed by atoms with van der Waals surface area (Å²) < 4.78 is 0. The van der Waals surface area contributed by atoms with E-state index in [0.717, 1.165) is 31.4 Å². The first-order valence-corrected chi connectivity index (χ1v) is 7.27. The number of fused-ring (bicyclic) bond motifs is 1. The number of rotatable bonds is 5. The monoisotopic (exact) mass is 265 g/mol. The van der Waals surface area contributed by atoms with Crippen molar-refractivity contribution in [3.8, 4) is 0 Å². The van der Waals surface area contributed by atoms with Gasteiger partial charge in [-0.15, -0.1) is 0 Å². The molecule has 0 aliphatic carbocycles. The van der Waals surface area contributed by atoms with Gasteiger partial charge in [-0.05, 0) is 48.6 Å². The molecule has 0 saturated heterocycles. The molecule has 2 nitrogen and oxygen atoms in total. The van der Waals surface area contributed by atoms with Crippen molar-refractivity contribution >= 4 is 11.5 Å². The van der Waals surface area contributed by atoms with Crippen molar-refractivity contribution in [2.24, 2.45) is 0 Å². The number of hydrogen-bond donors (Lipinski definition) is 1. The molecule has 0 aromatic heterocycles. The van der Waals surface area contributed by atoms with Gasteiger partial charge in [-0.2, -0.15) is 0 Å². The van der Waals surface area contributed by atoms with Gasteiger partial charge in [0.15, 0.2) is 5.78 Å². The molecule has 0 bridgehead atoms. The van der Waals surface area contributed by atoms with Crippen LogP contribution in [-0.4, -0.2) is 12.3 Å². The van der Waals surface area contributed by atoms with E-state index in [0.29, 0.717) is 6.42 Å². The van der Waals surface area contributed by atoms with Crippen LogP contribution in [0.3, 0.4) is 0 Å². The maximum absolute atomic E-state index is 12.2. The zero-order chi connectivity index (χ0) is 13.8. The van der Waals surface area contributed by atoms with Crippen LogP contribution in [-0.2, 0) is 12.8 Å². The van der Waals surface area contributed by atoms with E-state index in [1.54, 1.807) is 0 Å². The van der Waals surface area contributed by atoms with Crippen molar-refractivity contribution in [1.29, 1.82) is 0 Å². The SMILES string of the molecule is O=C(CCCc1ccccc1)c1ccc2c(c1)CCN2. The van der Waals surface area contributed by atoms with Gasteiger partial charge in [0.2, 0.25) is 0 Å². The first-order chi connectivity index (χ1) is 9.83. The average Bonchev–Trinajstić information content (AvgIpc) is 2.95. The maximum atomic E-state index is 12.2. The molecule has 3 rings (SSSR count). The van der Waals surface area contributed by atoms with Gasteiger partial charge in [-0.3, -0.25) is 4.79 Å². The highest BCUT2D eigenvalue weighted by Gasteiger charge is 2.13. The van der Waals surface area contributed by atoms with Gasteiger partial charge in [-0.1, -0.05) is 30.3 Å². The standard InChI is InChI=1S/C18H19NO/c20-18(8-4-7-14-5-2-1-3-6-14)16-9-10-17-15(13-16)11-12-19-17/h1-3,5-6,9-10,13,19H,4,7-8,11-12H2. The molecule has 0 radical (unpaired) electrons. The fourth-order valence-electron chi connectivity index (χ4n) is 2.72. The van der Waals surface area contributed by atoms with Crippen molar-refractivity contribution in [3.05, 3.63) is 65.2 Å². The summed E-state index contributed by atoms with van der Waals surface area (Å²) in [5.74, 6) is 0.260. The molecule has 1 aliphatic heterocycles. The summed E-state index contributed by atoms with van der Waals surface area (Å²) in [5, 5.41) is 3.32. The largest absolute Gasteiger partial charge is 0.384 e. The van der Waals surface area contributed by atoms with Gasteiger partial charge in [-0.25, -0.2) is 0 Å². The van der Waals surface area contributed by atoms with E-state index < -0.39 is 0 Å². The predicted octanol–water partition coefficient (Wildman–Crippen LogP) is 3.86. The second-order valence-electron chi connectivity index (χ2n) is 5.31. The number of hydrogen-bond acceptors (Lipinski definition) is 2. The van der Waals surface area contributed by atoms with E-state index in [-0.39, 0.29) is 5.78 Å². The Morgan fingerprint density at radius 2 is 1.95 bits per heavy atom. The highest BCUT2D eigenvalue weighted by molar-refractivity contribution is 5.96. The molecule has 0 amide bonds. The topological polar surface area (TPSA) is 29.1 Å². The Hall–Kier alpha value is -2.09. The van der Waals surface area contributed by atoms with Crippen LogP contribution < -0.4 is 5.32 Å². The molecule has 0 unspecified atom stereocenters. The lowest BCUT2D eigenvalue weighted by atomic mass is 10.0. The van der Waals surface area contributed by atoms with Crippen LogP contribution in [0.4, 0.5) is 5.69 Å². The summed E-state index contributed by atoms with van der Waals surface area (Å²) in [6.45, 7) is 0.987. The fraction of sp³-hybridized carbons (Fsp3) is 0.278. The number of nitrogens with one attached hydrogen (secondary N) is 1. The minimum absolute atomic E-state index is 0.260. The van der Waals surface area contributed by atoms with Gasteiger partial charge < -0.3 is 5.32 Å². The normalized spacial score (nSPS) is 12.8. The van der Waals surface area contributed by atoms with Crippen LogP contribution in [0.5, 0.6) is 0 Å². The highest BCUT2D eigenvalue weighted by atomic mass is 16.1. The molecule has 0 atom stereocenters. The van der Waals surface area contributed by atoms with Crippen LogP contribution in [0.1, 0.15) is 34.3 Å². The number of ketones is 1. The fourth-order valence-corrected chi connectivity index (χ4v) is 2.72. The van der Waals surface area contributed by atoms with Crippen molar-refractivity contribution in [2.75, 3.05) is 11.9 Å². The second-order valence-corrected chi connectivity index (χ2v) is 5.31. The van der Waals surface area contributed by atoms with Gasteiger partial charge in [0.1, 0.15) is 0 Å². The number of Topliss-reactive ketones (excluding diaryl/α,β-unsaturated/α-hetero) is 1. The molecule has 2 aromatic carbocycles. The lowest BCUT2D eigenvalue weighted by molar-refractivity contribution is 0.0980. The van der Waals surface area contributed by atoms with Crippen LogP contribution >= 0.6 is 0 Å². The van der Waals surface area contributed by atoms with Gasteiger partial charge in [0, 0.05) is 24.2 Å². The third kappa shape index (κ3) is 2.90. The Morgan fingerprint density at radius 3 is 2.80 bits per heavy atom. The summed E-state index contributed by atoms with van der Waals surface area (Å²) in [5.41, 5.74) is 4.63. The summed E-state index contributed by atoms with van der Waals surface area (Å²) in [6, 6.07) is 16.4. The van der Waals surface area contributed by atoms with Gasteiger partial charge in [0.25, 0.3) is 0 Å². The molecule has 2 aromatic rings. The number of benzene rings is 2. The Balaban J connectivity index is 1.57. The smallest absolute Gasteiger partial charge is 0.162 e. The lowest BCUT2D eigenvalue weighted by Crippen LogP contribution is -2.00. The number of aryl methyl sites for hydroxylation is 1. The molecule has 0 fully saturated rings. The Morgan fingerprint density at radius 1 is 1.10 bits per heavy atom. The highest BCUT2D eigenvalue weighted by Crippen LogP contribution is 2.23. The average molecular weight is 265 g/mol. The number of anilines is 1. The molecule has 1 heterocycles. The van der Waals surface area contributed by atoms with Crippen LogP contribution in [0.25, 0.3) is 0 Å². The van der Waals surface area contributed by atoms with E-state index in [4.69, 9.17) is 0 Å². The molecular formula is C18H19NO. The molecule has 1 aliphatic rings. The quantitative estimate of drug-likeness (QED) is 0.832. The molecule has 20 heavy (non-hydrogen) atoms. The third-order valence-corrected chi connectivity index (χ3v) is 3.85. The maximum Gasteiger partial charge on any atom is 0.162 e. The van der Waals surface area contributed by atoms with Crippen molar-refractivity contribution in [1.82, 2.24) is 0 Å². The van der Waals surface area contributed by atoms with E-state index in [1.165, 1.54) is 16.8 Å². The zero-order valence-electron chi connectivity index (χ0n) is 11.6. The molecular weight excluding hydrogens is 246 g/mol. The Kier molecular flexibility index (Phi) is 3.82. The van der Waals surface area contributed by atoms with Crippen molar-refractivity contribution in [3.63, 3.8) is 0 Å². The molecule has 1 N–H and O–H groups in total. The van der Waals surface area contributed by atoms with Crippen molar-refractivity contribution in [2.45, 2.75) is 25.7 Å². The summed E-state index contributed by atoms with van der Waals surface area (Å²) in [4.78, 5) is 12.2. The van der Waals surface area contributed by atoms with E-state index in [9.17, 15) is 4.79 Å². The minimum atomic E-state index is 0.260. The van der Waals surface area contributed by atoms with Crippen LogP contribution in [0.2, 0.25) is 0 Å². The van der Waals surface area contributed by atoms with E-state index in [2.05, 4.69) is 23.5 Å². The lowest BCUT2D eigenvalue weighted by Gasteiger charge is -2.05. The summed E-state index contributed by atoms with van der Waals surface area (Å²) >= 11 is 0. The third-order valence-electron chi connectivity index (χ3n) is 3.85. The number of carbonyl (C=O) groups is 1. The summed E-state index contributed by atoms with van der Waals surface area (Å²) in [7, 11) is 0. The van der Waals surface area contributed by atoms with E-state index >= 15 is 0 Å². The van der Waals surface area contributed by atoms with Crippen LogP contribution in [0, 0.1) is 0 Å². The first-order valence-electron chi connectivity index (χ1n) is 7.27. The second kappa shape index (κ2) is 5.91. The molecule has 102 valence electrons. The molecule has 2 heteroatoms. The first kappa shape index (κ1) is 12.9. The van der Waals surface area contributed by atoms with Crippen LogP contribution in [0.15, 0.2) is 48.5 Å². The van der Waals surface area contributed by atoms with Gasteiger partial charge in [0.05, 0.1) is 0 Å². The molecule has 0 saturated carbocycles. The van der Waals surface area contributed by atoms with E-state index in [1.807, 2.05) is 30.3 Å². The van der Waals surface area contributed by atoms with Gasteiger partial charge >= 0.3 is 0 Å². The Bertz CT molecular complexity index is 604. The predicted molar refractivity (Wildman–Crippen MR) is 82.3 cm³/mol. The minimum Gasteiger partial charge on any atom is -0.384 e. The Labute approximate surface area is 119 Å². The molecule has 0 spiro atoms. The zero-order valence-corrected chi connectivity index (χ0v) is 11.6. The summed E-state index contributed by atoms with van der Waals surface area (Å²) in [6.07, 6.45) is 3.54. The number of carbonyl (C=O) groups excluding carboxylic acids is 1.